The molecule has 6 heteroatoms. The number of carbonyl (C=O) groups excluding carboxylic acids is 2. The van der Waals surface area contributed by atoms with Gasteiger partial charge in [0.25, 0.3) is 0 Å². The Morgan fingerprint density at radius 1 is 0.358 bits per heavy atom. The molecule has 1 rings (SSSR count). The average Bonchev–Trinajstić information content (AvgIpc) is 3.75. The summed E-state index contributed by atoms with van der Waals surface area (Å²) < 4.78 is 17.8. The van der Waals surface area contributed by atoms with Gasteiger partial charge in [-0.25, -0.2) is 4.99 Å². The van der Waals surface area contributed by atoms with Crippen LogP contribution in [0.2, 0.25) is 0 Å². The third-order valence-electron chi connectivity index (χ3n) is 14.6. The van der Waals surface area contributed by atoms with E-state index in [0.717, 1.165) is 44.4 Å². The van der Waals surface area contributed by atoms with E-state index in [4.69, 9.17) is 19.2 Å². The molecular formula is C61H117NO5. The van der Waals surface area contributed by atoms with Crippen LogP contribution in [-0.2, 0) is 23.8 Å². The number of carbonyl (C=O) groups is 2. The SMILES string of the molecule is CCCCCCCCCCCCCCCCCCCCC1=NC(COC(=O)CCCCCCCCCCCCCCCCC)(COC(=O)CCCCCCCCCCCCCCCCC)CO1. The van der Waals surface area contributed by atoms with Crippen molar-refractivity contribution in [2.24, 2.45) is 4.99 Å². The number of ether oxygens (including phenoxy) is 3. The molecule has 0 spiro atoms. The van der Waals surface area contributed by atoms with E-state index in [1.807, 2.05) is 0 Å². The van der Waals surface area contributed by atoms with E-state index in [9.17, 15) is 9.59 Å². The Balaban J connectivity index is 2.32. The van der Waals surface area contributed by atoms with Gasteiger partial charge in [0.15, 0.2) is 11.4 Å². The van der Waals surface area contributed by atoms with Crippen molar-refractivity contribution in [1.29, 1.82) is 0 Å². The van der Waals surface area contributed by atoms with Gasteiger partial charge in [0.2, 0.25) is 0 Å². The Morgan fingerprint density at radius 2 is 0.582 bits per heavy atom. The van der Waals surface area contributed by atoms with Crippen LogP contribution in [0.25, 0.3) is 0 Å². The maximum Gasteiger partial charge on any atom is 0.305 e. The number of hydrogen-bond acceptors (Lipinski definition) is 6. The number of esters is 2. The minimum atomic E-state index is -0.834. The molecule has 1 aliphatic heterocycles. The summed E-state index contributed by atoms with van der Waals surface area (Å²) in [6.45, 7) is 7.39. The summed E-state index contributed by atoms with van der Waals surface area (Å²) in [4.78, 5) is 30.8. The van der Waals surface area contributed by atoms with Crippen molar-refractivity contribution in [2.75, 3.05) is 19.8 Å². The molecule has 0 amide bonds. The molecule has 0 bridgehead atoms. The number of unbranched alkanes of at least 4 members (excludes halogenated alkanes) is 45. The molecule has 0 saturated carbocycles. The Hall–Kier alpha value is -1.59. The van der Waals surface area contributed by atoms with Crippen molar-refractivity contribution in [2.45, 2.75) is 354 Å². The molecule has 67 heavy (non-hydrogen) atoms. The average molecular weight is 945 g/mol. The summed E-state index contributed by atoms with van der Waals surface area (Å²) in [5.41, 5.74) is -0.834. The van der Waals surface area contributed by atoms with Gasteiger partial charge in [0.1, 0.15) is 19.8 Å². The van der Waals surface area contributed by atoms with E-state index in [-0.39, 0.29) is 25.2 Å². The third-order valence-corrected chi connectivity index (χ3v) is 14.6. The minimum Gasteiger partial charge on any atom is -0.478 e. The molecule has 0 aromatic rings. The lowest BCUT2D eigenvalue weighted by Gasteiger charge is -2.23. The highest BCUT2D eigenvalue weighted by atomic mass is 16.6. The van der Waals surface area contributed by atoms with Crippen molar-refractivity contribution in [3.63, 3.8) is 0 Å². The van der Waals surface area contributed by atoms with Gasteiger partial charge in [-0.3, -0.25) is 9.59 Å². The molecule has 1 heterocycles. The molecule has 0 unspecified atom stereocenters. The van der Waals surface area contributed by atoms with Crippen LogP contribution in [0.15, 0.2) is 4.99 Å². The second-order valence-corrected chi connectivity index (χ2v) is 21.5. The summed E-state index contributed by atoms with van der Waals surface area (Å²) in [7, 11) is 0. The quantitative estimate of drug-likeness (QED) is 0.0449. The molecule has 396 valence electrons. The first-order valence-electron chi connectivity index (χ1n) is 30.6. The van der Waals surface area contributed by atoms with E-state index in [1.165, 1.54) is 276 Å². The molecule has 0 saturated heterocycles. The maximum absolute atomic E-state index is 12.9. The number of hydrogen-bond donors (Lipinski definition) is 0. The monoisotopic (exact) mass is 944 g/mol. The predicted octanol–water partition coefficient (Wildman–Crippen LogP) is 20.2. The van der Waals surface area contributed by atoms with Crippen molar-refractivity contribution >= 4 is 17.8 Å². The lowest BCUT2D eigenvalue weighted by atomic mass is 10.0. The van der Waals surface area contributed by atoms with Gasteiger partial charge in [0, 0.05) is 19.3 Å². The lowest BCUT2D eigenvalue weighted by Crippen LogP contribution is -2.41. The van der Waals surface area contributed by atoms with E-state index in [2.05, 4.69) is 20.8 Å². The zero-order valence-corrected chi connectivity index (χ0v) is 45.7. The van der Waals surface area contributed by atoms with Crippen molar-refractivity contribution in [3.05, 3.63) is 0 Å². The van der Waals surface area contributed by atoms with Crippen LogP contribution >= 0.6 is 0 Å². The van der Waals surface area contributed by atoms with Gasteiger partial charge < -0.3 is 14.2 Å². The highest BCUT2D eigenvalue weighted by Crippen LogP contribution is 2.25. The van der Waals surface area contributed by atoms with Gasteiger partial charge in [0.05, 0.1) is 0 Å². The van der Waals surface area contributed by atoms with Gasteiger partial charge >= 0.3 is 11.9 Å². The molecule has 0 aromatic carbocycles. The molecule has 0 N–H and O–H groups in total. The first-order valence-corrected chi connectivity index (χ1v) is 30.6. The fourth-order valence-electron chi connectivity index (χ4n) is 9.90. The van der Waals surface area contributed by atoms with Crippen molar-refractivity contribution < 1.29 is 23.8 Å². The number of rotatable bonds is 55. The molecule has 0 fully saturated rings. The second kappa shape index (κ2) is 50.8. The van der Waals surface area contributed by atoms with E-state index >= 15 is 0 Å². The van der Waals surface area contributed by atoms with Crippen LogP contribution < -0.4 is 0 Å². The summed E-state index contributed by atoms with van der Waals surface area (Å²) >= 11 is 0. The van der Waals surface area contributed by atoms with Gasteiger partial charge in [-0.1, -0.05) is 310 Å². The first-order chi connectivity index (χ1) is 33.0. The van der Waals surface area contributed by atoms with Crippen LogP contribution in [0.5, 0.6) is 0 Å². The second-order valence-electron chi connectivity index (χ2n) is 21.5. The first kappa shape index (κ1) is 63.4. The standard InChI is InChI=1S/C61H117NO5/c1-4-7-10-13-16-19-22-25-28-29-30-33-34-37-40-43-46-49-52-58-62-61(55-65-58,56-66-59(63)53-50-47-44-41-38-35-31-26-23-20-17-14-11-8-5-2)57-67-60(64)54-51-48-45-42-39-36-32-27-24-21-18-15-12-9-6-3/h4-57H2,1-3H3. The number of nitrogens with zero attached hydrogens (tertiary/aromatic N) is 1. The van der Waals surface area contributed by atoms with Crippen LogP contribution in [0, 0.1) is 0 Å². The maximum atomic E-state index is 12.9. The zero-order valence-electron chi connectivity index (χ0n) is 45.7. The topological polar surface area (TPSA) is 74.2 Å². The predicted molar refractivity (Wildman–Crippen MR) is 291 cm³/mol. The lowest BCUT2D eigenvalue weighted by molar-refractivity contribution is -0.150. The fraction of sp³-hybridized carbons (Fsp3) is 0.951. The highest BCUT2D eigenvalue weighted by Gasteiger charge is 2.40. The highest BCUT2D eigenvalue weighted by molar-refractivity contribution is 5.78. The molecule has 0 radical (unpaired) electrons. The number of aliphatic imine (C=N–C) groups is 1. The summed E-state index contributed by atoms with van der Waals surface area (Å²) in [5, 5.41) is 0. The van der Waals surface area contributed by atoms with Gasteiger partial charge in [-0.15, -0.1) is 0 Å². The fourth-order valence-corrected chi connectivity index (χ4v) is 9.90. The summed E-state index contributed by atoms with van der Waals surface area (Å²) in [5.74, 6) is 0.379. The Kier molecular flexibility index (Phi) is 48.1. The zero-order chi connectivity index (χ0) is 48.2. The smallest absolute Gasteiger partial charge is 0.305 e. The van der Waals surface area contributed by atoms with E-state index < -0.39 is 5.54 Å². The normalized spacial score (nSPS) is 13.3. The minimum absolute atomic E-state index is 0.111. The Labute approximate surface area is 418 Å². The Bertz CT molecular complexity index is 1030. The van der Waals surface area contributed by atoms with E-state index in [1.54, 1.807) is 0 Å². The van der Waals surface area contributed by atoms with Crippen molar-refractivity contribution in [3.8, 4) is 0 Å². The molecular weight excluding hydrogens is 827 g/mol. The molecule has 0 aromatic heterocycles. The van der Waals surface area contributed by atoms with E-state index in [0.29, 0.717) is 19.4 Å². The van der Waals surface area contributed by atoms with Crippen LogP contribution in [0.3, 0.4) is 0 Å². The van der Waals surface area contributed by atoms with Crippen molar-refractivity contribution in [1.82, 2.24) is 0 Å². The van der Waals surface area contributed by atoms with Gasteiger partial charge in [-0.05, 0) is 19.3 Å². The van der Waals surface area contributed by atoms with Gasteiger partial charge in [-0.2, -0.15) is 0 Å². The van der Waals surface area contributed by atoms with Crippen LogP contribution in [-0.4, -0.2) is 43.2 Å². The largest absolute Gasteiger partial charge is 0.478 e. The third kappa shape index (κ3) is 44.1. The summed E-state index contributed by atoms with van der Waals surface area (Å²) in [6.07, 6.45) is 65.2. The Morgan fingerprint density at radius 3 is 0.836 bits per heavy atom. The molecule has 0 atom stereocenters. The summed E-state index contributed by atoms with van der Waals surface area (Å²) in [6, 6.07) is 0. The molecule has 6 nitrogen and oxygen atoms in total. The molecule has 0 aliphatic carbocycles. The van der Waals surface area contributed by atoms with Crippen LogP contribution in [0.4, 0.5) is 0 Å². The van der Waals surface area contributed by atoms with Crippen LogP contribution in [0.1, 0.15) is 348 Å². The molecule has 1 aliphatic rings.